The molecule has 152 valence electrons. The summed E-state index contributed by atoms with van der Waals surface area (Å²) in [7, 11) is 0. The van der Waals surface area contributed by atoms with E-state index in [-0.39, 0.29) is 23.8 Å². The third kappa shape index (κ3) is 8.41. The predicted octanol–water partition coefficient (Wildman–Crippen LogP) is 4.95. The first-order valence-electron chi connectivity index (χ1n) is 10.2. The number of nitrogens with one attached hydrogen (secondary N) is 1. The summed E-state index contributed by atoms with van der Waals surface area (Å²) in [6.07, 6.45) is 9.26. The van der Waals surface area contributed by atoms with E-state index in [9.17, 15) is 9.59 Å². The molecule has 0 aromatic carbocycles. The standard InChI is InChI=1S/C21H35N3O2S/c1-16(13-21(2,3)4)12-19(26)24(14-17-8-6-5-7-9-17)15-18(25)23-20-22-10-11-27-20/h10-11,16-17H,5-9,12-15H2,1-4H3,(H,22,23,25). The Hall–Kier alpha value is -1.43. The fourth-order valence-corrected chi connectivity index (χ4v) is 4.64. The van der Waals surface area contributed by atoms with E-state index < -0.39 is 0 Å². The minimum absolute atomic E-state index is 0.103. The van der Waals surface area contributed by atoms with E-state index in [0.29, 0.717) is 29.9 Å². The highest BCUT2D eigenvalue weighted by atomic mass is 32.1. The summed E-state index contributed by atoms with van der Waals surface area (Å²) in [6.45, 7) is 9.57. The Balaban J connectivity index is 1.96. The average Bonchev–Trinajstić information content (AvgIpc) is 3.06. The van der Waals surface area contributed by atoms with Crippen molar-refractivity contribution in [1.29, 1.82) is 0 Å². The van der Waals surface area contributed by atoms with Crippen molar-refractivity contribution < 1.29 is 9.59 Å². The van der Waals surface area contributed by atoms with Crippen LogP contribution in [0.15, 0.2) is 11.6 Å². The van der Waals surface area contributed by atoms with Gasteiger partial charge in [0.25, 0.3) is 0 Å². The monoisotopic (exact) mass is 393 g/mol. The molecule has 2 amide bonds. The fourth-order valence-electron chi connectivity index (χ4n) is 4.10. The summed E-state index contributed by atoms with van der Waals surface area (Å²) in [6, 6.07) is 0. The van der Waals surface area contributed by atoms with E-state index in [0.717, 1.165) is 19.3 Å². The molecule has 1 N–H and O–H groups in total. The molecule has 5 nitrogen and oxygen atoms in total. The summed E-state index contributed by atoms with van der Waals surface area (Å²) in [5, 5.41) is 5.23. The van der Waals surface area contributed by atoms with E-state index >= 15 is 0 Å². The first kappa shape index (κ1) is 21.9. The molecule has 1 fully saturated rings. The smallest absolute Gasteiger partial charge is 0.245 e. The van der Waals surface area contributed by atoms with Gasteiger partial charge in [-0.15, -0.1) is 11.3 Å². The number of nitrogens with zero attached hydrogens (tertiary/aromatic N) is 2. The lowest BCUT2D eigenvalue weighted by atomic mass is 9.84. The molecule has 1 aromatic heterocycles. The number of anilines is 1. The summed E-state index contributed by atoms with van der Waals surface area (Å²) < 4.78 is 0. The highest BCUT2D eigenvalue weighted by Crippen LogP contribution is 2.28. The topological polar surface area (TPSA) is 62.3 Å². The summed E-state index contributed by atoms with van der Waals surface area (Å²) in [4.78, 5) is 31.3. The SMILES string of the molecule is CC(CC(=O)N(CC(=O)Nc1nccs1)CC1CCCCC1)CC(C)(C)C. The number of hydrogen-bond acceptors (Lipinski definition) is 4. The minimum Gasteiger partial charge on any atom is -0.333 e. The first-order valence-corrected chi connectivity index (χ1v) is 11.1. The van der Waals surface area contributed by atoms with Gasteiger partial charge in [0.05, 0.1) is 6.54 Å². The van der Waals surface area contributed by atoms with E-state index in [1.54, 1.807) is 11.1 Å². The van der Waals surface area contributed by atoms with E-state index in [2.05, 4.69) is 38.0 Å². The second kappa shape index (κ2) is 10.2. The molecule has 1 unspecified atom stereocenters. The lowest BCUT2D eigenvalue weighted by Gasteiger charge is -2.31. The van der Waals surface area contributed by atoms with Crippen molar-refractivity contribution in [2.45, 2.75) is 72.6 Å². The predicted molar refractivity (Wildman–Crippen MR) is 112 cm³/mol. The normalized spacial score (nSPS) is 16.7. The Morgan fingerprint density at radius 1 is 1.30 bits per heavy atom. The molecule has 1 aromatic rings. The maximum absolute atomic E-state index is 13.0. The number of aromatic nitrogens is 1. The first-order chi connectivity index (χ1) is 12.7. The van der Waals surface area contributed by atoms with Gasteiger partial charge >= 0.3 is 0 Å². The molecular weight excluding hydrogens is 358 g/mol. The van der Waals surface area contributed by atoms with Crippen molar-refractivity contribution >= 4 is 28.3 Å². The van der Waals surface area contributed by atoms with Crippen LogP contribution >= 0.6 is 11.3 Å². The second-order valence-corrected chi connectivity index (χ2v) is 10.1. The molecule has 27 heavy (non-hydrogen) atoms. The molecule has 6 heteroatoms. The van der Waals surface area contributed by atoms with Crippen molar-refractivity contribution in [3.63, 3.8) is 0 Å². The quantitative estimate of drug-likeness (QED) is 0.679. The molecule has 2 rings (SSSR count). The molecular formula is C21H35N3O2S. The molecule has 0 saturated heterocycles. The number of amides is 2. The third-order valence-electron chi connectivity index (χ3n) is 5.05. The van der Waals surface area contributed by atoms with E-state index in [1.807, 2.05) is 5.38 Å². The van der Waals surface area contributed by atoms with Crippen molar-refractivity contribution in [3.05, 3.63) is 11.6 Å². The molecule has 1 heterocycles. The molecule has 0 spiro atoms. The molecule has 1 atom stereocenters. The van der Waals surface area contributed by atoms with Gasteiger partial charge in [-0.05, 0) is 36.5 Å². The molecule has 1 saturated carbocycles. The van der Waals surface area contributed by atoms with Crippen molar-refractivity contribution in [2.75, 3.05) is 18.4 Å². The van der Waals surface area contributed by atoms with Gasteiger partial charge in [0.15, 0.2) is 5.13 Å². The number of hydrogen-bond donors (Lipinski definition) is 1. The van der Waals surface area contributed by atoms with Gasteiger partial charge in [-0.3, -0.25) is 9.59 Å². The zero-order chi connectivity index (χ0) is 19.9. The molecule has 0 bridgehead atoms. The number of thiazole rings is 1. The fraction of sp³-hybridized carbons (Fsp3) is 0.762. The van der Waals surface area contributed by atoms with Crippen LogP contribution in [0.5, 0.6) is 0 Å². The number of rotatable bonds is 8. The second-order valence-electron chi connectivity index (χ2n) is 9.24. The lowest BCUT2D eigenvalue weighted by molar-refractivity contribution is -0.136. The highest BCUT2D eigenvalue weighted by molar-refractivity contribution is 7.13. The Bertz CT molecular complexity index is 589. The van der Waals surface area contributed by atoms with Crippen LogP contribution in [0.3, 0.4) is 0 Å². The van der Waals surface area contributed by atoms with Crippen LogP contribution in [0.1, 0.15) is 72.6 Å². The van der Waals surface area contributed by atoms with Crippen LogP contribution in [-0.4, -0.2) is 34.8 Å². The van der Waals surface area contributed by atoms with Crippen molar-refractivity contribution in [2.24, 2.45) is 17.3 Å². The molecule has 0 radical (unpaired) electrons. The molecule has 0 aliphatic heterocycles. The van der Waals surface area contributed by atoms with Gasteiger partial charge in [0.1, 0.15) is 0 Å². The molecule has 1 aliphatic carbocycles. The van der Waals surface area contributed by atoms with Crippen LogP contribution in [0.25, 0.3) is 0 Å². The third-order valence-corrected chi connectivity index (χ3v) is 5.74. The number of carbonyl (C=O) groups excluding carboxylic acids is 2. The largest absolute Gasteiger partial charge is 0.333 e. The van der Waals surface area contributed by atoms with Gasteiger partial charge in [-0.1, -0.05) is 47.0 Å². The maximum atomic E-state index is 13.0. The van der Waals surface area contributed by atoms with E-state index in [4.69, 9.17) is 0 Å². The van der Waals surface area contributed by atoms with Gasteiger partial charge in [0, 0.05) is 24.5 Å². The van der Waals surface area contributed by atoms with Gasteiger partial charge in [-0.2, -0.15) is 0 Å². The average molecular weight is 394 g/mol. The Kier molecular flexibility index (Phi) is 8.27. The van der Waals surface area contributed by atoms with Crippen LogP contribution in [0, 0.1) is 17.3 Å². The minimum atomic E-state index is -0.155. The van der Waals surface area contributed by atoms with Crippen molar-refractivity contribution in [1.82, 2.24) is 9.88 Å². The lowest BCUT2D eigenvalue weighted by Crippen LogP contribution is -2.42. The summed E-state index contributed by atoms with van der Waals surface area (Å²) in [5.74, 6) is 0.783. The zero-order valence-corrected chi connectivity index (χ0v) is 18.1. The van der Waals surface area contributed by atoms with Crippen LogP contribution in [0.2, 0.25) is 0 Å². The summed E-state index contributed by atoms with van der Waals surface area (Å²) in [5.41, 5.74) is 0.204. The van der Waals surface area contributed by atoms with Gasteiger partial charge in [0.2, 0.25) is 11.8 Å². The van der Waals surface area contributed by atoms with Crippen LogP contribution < -0.4 is 5.32 Å². The molecule has 1 aliphatic rings. The maximum Gasteiger partial charge on any atom is 0.245 e. The van der Waals surface area contributed by atoms with Crippen molar-refractivity contribution in [3.8, 4) is 0 Å². The van der Waals surface area contributed by atoms with E-state index in [1.165, 1.54) is 30.6 Å². The highest BCUT2D eigenvalue weighted by Gasteiger charge is 2.25. The summed E-state index contributed by atoms with van der Waals surface area (Å²) >= 11 is 1.39. The number of carbonyl (C=O) groups is 2. The van der Waals surface area contributed by atoms with Crippen LogP contribution in [0.4, 0.5) is 5.13 Å². The Morgan fingerprint density at radius 3 is 2.59 bits per heavy atom. The van der Waals surface area contributed by atoms with Crippen LogP contribution in [-0.2, 0) is 9.59 Å². The van der Waals surface area contributed by atoms with Gasteiger partial charge < -0.3 is 10.2 Å². The Labute approximate surface area is 167 Å². The van der Waals surface area contributed by atoms with Gasteiger partial charge in [-0.25, -0.2) is 4.98 Å². The Morgan fingerprint density at radius 2 is 2.00 bits per heavy atom. The zero-order valence-electron chi connectivity index (χ0n) is 17.3.